The molecule has 2 rings (SSSR count). The summed E-state index contributed by atoms with van der Waals surface area (Å²) in [6.45, 7) is 2.33. The first-order valence-corrected chi connectivity index (χ1v) is 4.99. The van der Waals surface area contributed by atoms with Gasteiger partial charge in [0.25, 0.3) is 0 Å². The maximum atomic E-state index is 13.2. The van der Waals surface area contributed by atoms with Gasteiger partial charge in [-0.2, -0.15) is 0 Å². The van der Waals surface area contributed by atoms with Crippen molar-refractivity contribution in [3.05, 3.63) is 53.9 Å². The molecule has 0 unspecified atom stereocenters. The van der Waals surface area contributed by atoms with Gasteiger partial charge in [0.1, 0.15) is 12.1 Å². The second-order valence-electron chi connectivity index (χ2n) is 3.56. The summed E-state index contributed by atoms with van der Waals surface area (Å²) in [4.78, 5) is 7.81. The molecule has 0 amide bonds. The lowest BCUT2D eigenvalue weighted by atomic mass is 10.2. The van der Waals surface area contributed by atoms with Gasteiger partial charge >= 0.3 is 0 Å². The molecule has 1 aromatic heterocycles. The average Bonchev–Trinajstić information content (AvgIpc) is 2.32. The van der Waals surface area contributed by atoms with Crippen molar-refractivity contribution in [3.8, 4) is 0 Å². The maximum Gasteiger partial charge on any atom is 0.128 e. The number of anilines is 1. The number of hydrogen-bond donors (Lipinski definition) is 1. The van der Waals surface area contributed by atoms with E-state index in [1.54, 1.807) is 25.4 Å². The molecule has 3 nitrogen and oxygen atoms in total. The van der Waals surface area contributed by atoms with E-state index >= 15 is 0 Å². The van der Waals surface area contributed by atoms with Crippen LogP contribution in [-0.4, -0.2) is 9.97 Å². The Morgan fingerprint density at radius 3 is 2.69 bits per heavy atom. The van der Waals surface area contributed by atoms with Crippen LogP contribution in [0.5, 0.6) is 0 Å². The zero-order valence-corrected chi connectivity index (χ0v) is 8.94. The van der Waals surface area contributed by atoms with E-state index in [0.29, 0.717) is 12.1 Å². The van der Waals surface area contributed by atoms with Gasteiger partial charge in [0.2, 0.25) is 0 Å². The van der Waals surface area contributed by atoms with Crippen molar-refractivity contribution in [2.24, 2.45) is 0 Å². The quantitative estimate of drug-likeness (QED) is 0.858. The predicted octanol–water partition coefficient (Wildman–Crippen LogP) is 2.54. The number of aromatic nitrogens is 2. The van der Waals surface area contributed by atoms with Crippen molar-refractivity contribution in [2.75, 3.05) is 5.32 Å². The third kappa shape index (κ3) is 2.53. The molecule has 0 saturated heterocycles. The highest BCUT2D eigenvalue weighted by Gasteiger charge is 1.99. The van der Waals surface area contributed by atoms with E-state index in [0.717, 1.165) is 11.3 Å². The second kappa shape index (κ2) is 4.70. The van der Waals surface area contributed by atoms with Crippen LogP contribution in [0.4, 0.5) is 10.1 Å². The van der Waals surface area contributed by atoms with Gasteiger partial charge < -0.3 is 5.32 Å². The number of nitrogens with zero attached hydrogens (tertiary/aromatic N) is 2. The summed E-state index contributed by atoms with van der Waals surface area (Å²) < 4.78 is 13.2. The summed E-state index contributed by atoms with van der Waals surface area (Å²) in [5.74, 6) is -0.200. The van der Waals surface area contributed by atoms with Gasteiger partial charge in [-0.1, -0.05) is 6.07 Å². The highest BCUT2D eigenvalue weighted by molar-refractivity contribution is 5.45. The molecule has 0 saturated carbocycles. The van der Waals surface area contributed by atoms with Crippen LogP contribution in [-0.2, 0) is 6.54 Å². The predicted molar refractivity (Wildman–Crippen MR) is 60.5 cm³/mol. The highest BCUT2D eigenvalue weighted by atomic mass is 19.1. The zero-order chi connectivity index (χ0) is 11.4. The van der Waals surface area contributed by atoms with Gasteiger partial charge in [0.05, 0.1) is 0 Å². The summed E-state index contributed by atoms with van der Waals surface area (Å²) >= 11 is 0. The molecule has 0 radical (unpaired) electrons. The van der Waals surface area contributed by atoms with E-state index in [1.807, 2.05) is 6.07 Å². The Morgan fingerprint density at radius 2 is 2.00 bits per heavy atom. The third-order valence-corrected chi connectivity index (χ3v) is 2.28. The first-order chi connectivity index (χ1) is 7.75. The van der Waals surface area contributed by atoms with Crippen molar-refractivity contribution in [3.63, 3.8) is 0 Å². The lowest BCUT2D eigenvalue weighted by molar-refractivity contribution is 0.619. The molecule has 0 bridgehead atoms. The molecule has 1 heterocycles. The molecule has 0 aliphatic carbocycles. The Labute approximate surface area is 93.4 Å². The minimum atomic E-state index is -0.200. The molecular formula is C12H12FN3. The molecule has 4 heteroatoms. The van der Waals surface area contributed by atoms with E-state index < -0.39 is 0 Å². The van der Waals surface area contributed by atoms with Crippen molar-refractivity contribution >= 4 is 5.69 Å². The third-order valence-electron chi connectivity index (χ3n) is 2.28. The lowest BCUT2D eigenvalue weighted by Crippen LogP contribution is -2.00. The van der Waals surface area contributed by atoms with Crippen LogP contribution in [0.2, 0.25) is 0 Å². The maximum absolute atomic E-state index is 13.2. The van der Waals surface area contributed by atoms with Gasteiger partial charge in [-0.3, -0.25) is 0 Å². The molecule has 16 heavy (non-hydrogen) atoms. The SMILES string of the molecule is Cc1ccc(NCc2cncnc2)cc1F. The van der Waals surface area contributed by atoms with Gasteiger partial charge in [0.15, 0.2) is 0 Å². The normalized spacial score (nSPS) is 10.1. The van der Waals surface area contributed by atoms with E-state index in [1.165, 1.54) is 12.4 Å². The van der Waals surface area contributed by atoms with Gasteiger partial charge in [0, 0.05) is 30.2 Å². The van der Waals surface area contributed by atoms with Crippen LogP contribution < -0.4 is 5.32 Å². The second-order valence-corrected chi connectivity index (χ2v) is 3.56. The fourth-order valence-electron chi connectivity index (χ4n) is 1.33. The molecule has 0 aliphatic heterocycles. The van der Waals surface area contributed by atoms with E-state index in [9.17, 15) is 4.39 Å². The Bertz CT molecular complexity index is 471. The Balaban J connectivity index is 2.03. The largest absolute Gasteiger partial charge is 0.381 e. The van der Waals surface area contributed by atoms with E-state index in [2.05, 4.69) is 15.3 Å². The Kier molecular flexibility index (Phi) is 3.10. The van der Waals surface area contributed by atoms with Crippen LogP contribution >= 0.6 is 0 Å². The van der Waals surface area contributed by atoms with Crippen molar-refractivity contribution in [1.82, 2.24) is 9.97 Å². The number of aryl methyl sites for hydroxylation is 1. The molecule has 1 aromatic carbocycles. The van der Waals surface area contributed by atoms with Crippen LogP contribution in [0.15, 0.2) is 36.9 Å². The van der Waals surface area contributed by atoms with Crippen molar-refractivity contribution in [2.45, 2.75) is 13.5 Å². The minimum Gasteiger partial charge on any atom is -0.381 e. The molecule has 2 aromatic rings. The van der Waals surface area contributed by atoms with Crippen LogP contribution in [0.3, 0.4) is 0 Å². The monoisotopic (exact) mass is 217 g/mol. The summed E-state index contributed by atoms with van der Waals surface area (Å²) in [5, 5.41) is 3.11. The molecule has 0 aliphatic rings. The minimum absolute atomic E-state index is 0.200. The number of hydrogen-bond acceptors (Lipinski definition) is 3. The smallest absolute Gasteiger partial charge is 0.128 e. The van der Waals surface area contributed by atoms with Crippen LogP contribution in [0.25, 0.3) is 0 Å². The fraction of sp³-hybridized carbons (Fsp3) is 0.167. The number of rotatable bonds is 3. The number of halogens is 1. The molecule has 0 spiro atoms. The summed E-state index contributed by atoms with van der Waals surface area (Å²) in [7, 11) is 0. The Morgan fingerprint density at radius 1 is 1.25 bits per heavy atom. The zero-order valence-electron chi connectivity index (χ0n) is 8.94. The molecule has 82 valence electrons. The average molecular weight is 217 g/mol. The summed E-state index contributed by atoms with van der Waals surface area (Å²) in [6, 6.07) is 5.08. The van der Waals surface area contributed by atoms with Crippen molar-refractivity contribution < 1.29 is 4.39 Å². The van der Waals surface area contributed by atoms with Gasteiger partial charge in [-0.15, -0.1) is 0 Å². The first kappa shape index (κ1) is 10.5. The molecule has 1 N–H and O–H groups in total. The standard InChI is InChI=1S/C12H12FN3/c1-9-2-3-11(4-12(9)13)16-7-10-5-14-8-15-6-10/h2-6,8,16H,7H2,1H3. The molecular weight excluding hydrogens is 205 g/mol. The van der Waals surface area contributed by atoms with Gasteiger partial charge in [-0.25, -0.2) is 14.4 Å². The topological polar surface area (TPSA) is 37.8 Å². The first-order valence-electron chi connectivity index (χ1n) is 4.99. The number of benzene rings is 1. The summed E-state index contributed by atoms with van der Waals surface area (Å²) in [6.07, 6.45) is 4.93. The van der Waals surface area contributed by atoms with E-state index in [-0.39, 0.29) is 5.82 Å². The summed E-state index contributed by atoms with van der Waals surface area (Å²) in [5.41, 5.74) is 2.36. The lowest BCUT2D eigenvalue weighted by Gasteiger charge is -2.06. The fourth-order valence-corrected chi connectivity index (χ4v) is 1.33. The van der Waals surface area contributed by atoms with E-state index in [4.69, 9.17) is 0 Å². The molecule has 0 atom stereocenters. The number of nitrogens with one attached hydrogen (secondary N) is 1. The highest BCUT2D eigenvalue weighted by Crippen LogP contribution is 2.14. The van der Waals surface area contributed by atoms with Gasteiger partial charge in [-0.05, 0) is 24.6 Å². The van der Waals surface area contributed by atoms with Crippen molar-refractivity contribution in [1.29, 1.82) is 0 Å². The Hall–Kier alpha value is -1.97. The van der Waals surface area contributed by atoms with Crippen LogP contribution in [0.1, 0.15) is 11.1 Å². The molecule has 0 fully saturated rings. The van der Waals surface area contributed by atoms with Crippen LogP contribution in [0, 0.1) is 12.7 Å².